The van der Waals surface area contributed by atoms with Crippen molar-refractivity contribution in [2.75, 3.05) is 0 Å². The van der Waals surface area contributed by atoms with Gasteiger partial charge in [0.1, 0.15) is 17.3 Å². The summed E-state index contributed by atoms with van der Waals surface area (Å²) in [6.45, 7) is 6.77. The molecule has 2 aromatic rings. The van der Waals surface area contributed by atoms with Crippen LogP contribution >= 0.6 is 0 Å². The first kappa shape index (κ1) is 14.5. The predicted molar refractivity (Wildman–Crippen MR) is 77.4 cm³/mol. The Morgan fingerprint density at radius 2 is 1.95 bits per heavy atom. The van der Waals surface area contributed by atoms with Gasteiger partial charge in [-0.25, -0.2) is 4.39 Å². The van der Waals surface area contributed by atoms with Crippen LogP contribution in [-0.2, 0) is 6.54 Å². The van der Waals surface area contributed by atoms with E-state index in [1.807, 2.05) is 19.2 Å². The Balaban J connectivity index is 2.20. The molecule has 106 valence electrons. The van der Waals surface area contributed by atoms with Gasteiger partial charge in [0.25, 0.3) is 0 Å². The summed E-state index contributed by atoms with van der Waals surface area (Å²) in [7, 11) is 0. The van der Waals surface area contributed by atoms with Gasteiger partial charge in [-0.15, -0.1) is 0 Å². The fraction of sp³-hybridized carbons (Fsp3) is 0.312. The Bertz CT molecular complexity index is 567. The van der Waals surface area contributed by atoms with Crippen LogP contribution in [0.4, 0.5) is 4.39 Å². The maximum atomic E-state index is 12.9. The number of hydrogen-bond donors (Lipinski definition) is 1. The molecule has 0 aliphatic rings. The van der Waals surface area contributed by atoms with Crippen LogP contribution in [0.1, 0.15) is 25.1 Å². The molecule has 0 saturated carbocycles. The van der Waals surface area contributed by atoms with Gasteiger partial charge in [-0.3, -0.25) is 4.98 Å². The molecule has 1 N–H and O–H groups in total. The molecule has 0 spiro atoms. The average Bonchev–Trinajstić information content (AvgIpc) is 2.40. The first-order chi connectivity index (χ1) is 9.54. The molecule has 0 aliphatic carbocycles. The summed E-state index contributed by atoms with van der Waals surface area (Å²) in [6, 6.07) is 8.27. The summed E-state index contributed by atoms with van der Waals surface area (Å²) >= 11 is 0. The highest BCUT2D eigenvalue weighted by atomic mass is 19.1. The molecule has 0 saturated heterocycles. The number of ether oxygens (including phenoxy) is 1. The van der Waals surface area contributed by atoms with Crippen LogP contribution < -0.4 is 10.1 Å². The first-order valence-corrected chi connectivity index (χ1v) is 6.67. The number of nitrogens with zero attached hydrogens (tertiary/aromatic N) is 1. The molecule has 1 aromatic heterocycles. The third-order valence-corrected chi connectivity index (χ3v) is 2.82. The Morgan fingerprint density at radius 1 is 1.25 bits per heavy atom. The first-order valence-electron chi connectivity index (χ1n) is 6.67. The minimum Gasteiger partial charge on any atom is -0.457 e. The highest BCUT2D eigenvalue weighted by Crippen LogP contribution is 2.25. The van der Waals surface area contributed by atoms with E-state index in [9.17, 15) is 4.39 Å². The molecule has 0 fully saturated rings. The van der Waals surface area contributed by atoms with E-state index in [0.29, 0.717) is 18.3 Å². The zero-order valence-corrected chi connectivity index (χ0v) is 12.0. The number of aryl methyl sites for hydroxylation is 1. The van der Waals surface area contributed by atoms with Crippen LogP contribution in [0.25, 0.3) is 0 Å². The van der Waals surface area contributed by atoms with Crippen molar-refractivity contribution in [1.29, 1.82) is 0 Å². The average molecular weight is 274 g/mol. The Morgan fingerprint density at radius 3 is 2.60 bits per heavy atom. The van der Waals surface area contributed by atoms with Crippen LogP contribution in [0.15, 0.2) is 36.5 Å². The molecule has 0 amide bonds. The molecular formula is C16H19FN2O. The number of aromatic nitrogens is 1. The number of nitrogens with one attached hydrogen (secondary N) is 1. The zero-order valence-electron chi connectivity index (χ0n) is 12.0. The van der Waals surface area contributed by atoms with Crippen molar-refractivity contribution in [2.24, 2.45) is 0 Å². The molecule has 0 unspecified atom stereocenters. The molecule has 1 heterocycles. The number of benzene rings is 1. The molecule has 0 radical (unpaired) electrons. The van der Waals surface area contributed by atoms with E-state index < -0.39 is 0 Å². The summed E-state index contributed by atoms with van der Waals surface area (Å²) in [4.78, 5) is 4.29. The van der Waals surface area contributed by atoms with Crippen LogP contribution in [0.2, 0.25) is 0 Å². The van der Waals surface area contributed by atoms with Gasteiger partial charge in [-0.2, -0.15) is 0 Å². The number of hydrogen-bond acceptors (Lipinski definition) is 3. The fourth-order valence-corrected chi connectivity index (χ4v) is 1.73. The van der Waals surface area contributed by atoms with Crippen molar-refractivity contribution in [3.05, 3.63) is 53.6 Å². The standard InChI is InChI=1S/C16H19FN2O/c1-11(2)18-9-13-10-19-12(3)8-16(13)20-15-6-4-14(17)5-7-15/h4-8,10-11,18H,9H2,1-3H3. The van der Waals surface area contributed by atoms with Gasteiger partial charge in [0.05, 0.1) is 0 Å². The van der Waals surface area contributed by atoms with Crippen LogP contribution in [0.5, 0.6) is 11.5 Å². The van der Waals surface area contributed by atoms with Crippen molar-refractivity contribution in [1.82, 2.24) is 10.3 Å². The number of rotatable bonds is 5. The van der Waals surface area contributed by atoms with Crippen LogP contribution in [0, 0.1) is 12.7 Å². The normalized spacial score (nSPS) is 10.8. The van der Waals surface area contributed by atoms with E-state index in [4.69, 9.17) is 4.74 Å². The van der Waals surface area contributed by atoms with Crippen molar-refractivity contribution in [3.8, 4) is 11.5 Å². The Hall–Kier alpha value is -1.94. The molecule has 2 rings (SSSR count). The lowest BCUT2D eigenvalue weighted by molar-refractivity contribution is 0.466. The summed E-state index contributed by atoms with van der Waals surface area (Å²) in [5.74, 6) is 1.09. The topological polar surface area (TPSA) is 34.1 Å². The van der Waals surface area contributed by atoms with Gasteiger partial charge in [0.15, 0.2) is 0 Å². The third kappa shape index (κ3) is 4.03. The van der Waals surface area contributed by atoms with Crippen molar-refractivity contribution >= 4 is 0 Å². The highest BCUT2D eigenvalue weighted by Gasteiger charge is 2.07. The van der Waals surface area contributed by atoms with Crippen LogP contribution in [-0.4, -0.2) is 11.0 Å². The minimum atomic E-state index is -0.273. The molecular weight excluding hydrogens is 255 g/mol. The molecule has 0 aliphatic heterocycles. The number of halogens is 1. The SMILES string of the molecule is Cc1cc(Oc2ccc(F)cc2)c(CNC(C)C)cn1. The second kappa shape index (κ2) is 6.48. The quantitative estimate of drug-likeness (QED) is 0.900. The summed E-state index contributed by atoms with van der Waals surface area (Å²) < 4.78 is 18.7. The van der Waals surface area contributed by atoms with Crippen LogP contribution in [0.3, 0.4) is 0 Å². The lowest BCUT2D eigenvalue weighted by atomic mass is 10.2. The van der Waals surface area contributed by atoms with Crippen molar-refractivity contribution < 1.29 is 9.13 Å². The molecule has 0 atom stereocenters. The Kier molecular flexibility index (Phi) is 4.69. The number of pyridine rings is 1. The summed E-state index contributed by atoms with van der Waals surface area (Å²) in [5.41, 5.74) is 1.86. The van der Waals surface area contributed by atoms with E-state index in [-0.39, 0.29) is 5.82 Å². The predicted octanol–water partition coefficient (Wildman–Crippen LogP) is 3.82. The summed E-state index contributed by atoms with van der Waals surface area (Å²) in [5, 5.41) is 3.34. The van der Waals surface area contributed by atoms with E-state index in [1.54, 1.807) is 12.1 Å². The smallest absolute Gasteiger partial charge is 0.135 e. The maximum absolute atomic E-state index is 12.9. The van der Waals surface area contributed by atoms with E-state index in [2.05, 4.69) is 24.1 Å². The molecule has 4 heteroatoms. The molecule has 1 aromatic carbocycles. The lowest BCUT2D eigenvalue weighted by Crippen LogP contribution is -2.22. The lowest BCUT2D eigenvalue weighted by Gasteiger charge is -2.13. The Labute approximate surface area is 118 Å². The monoisotopic (exact) mass is 274 g/mol. The van der Waals surface area contributed by atoms with Crippen molar-refractivity contribution in [2.45, 2.75) is 33.4 Å². The van der Waals surface area contributed by atoms with E-state index in [0.717, 1.165) is 17.0 Å². The van der Waals surface area contributed by atoms with Gasteiger partial charge in [0, 0.05) is 36.1 Å². The van der Waals surface area contributed by atoms with Gasteiger partial charge < -0.3 is 10.1 Å². The second-order valence-electron chi connectivity index (χ2n) is 5.02. The van der Waals surface area contributed by atoms with Gasteiger partial charge in [-0.1, -0.05) is 13.8 Å². The second-order valence-corrected chi connectivity index (χ2v) is 5.02. The van der Waals surface area contributed by atoms with E-state index >= 15 is 0 Å². The summed E-state index contributed by atoms with van der Waals surface area (Å²) in [6.07, 6.45) is 1.81. The van der Waals surface area contributed by atoms with Crippen molar-refractivity contribution in [3.63, 3.8) is 0 Å². The van der Waals surface area contributed by atoms with Gasteiger partial charge in [-0.05, 0) is 31.2 Å². The molecule has 0 bridgehead atoms. The highest BCUT2D eigenvalue weighted by molar-refractivity contribution is 5.37. The van der Waals surface area contributed by atoms with Gasteiger partial charge >= 0.3 is 0 Å². The molecule has 20 heavy (non-hydrogen) atoms. The molecule has 3 nitrogen and oxygen atoms in total. The fourth-order valence-electron chi connectivity index (χ4n) is 1.73. The largest absolute Gasteiger partial charge is 0.457 e. The van der Waals surface area contributed by atoms with Gasteiger partial charge in [0.2, 0.25) is 0 Å². The third-order valence-electron chi connectivity index (χ3n) is 2.82. The minimum absolute atomic E-state index is 0.273. The maximum Gasteiger partial charge on any atom is 0.135 e. The van der Waals surface area contributed by atoms with E-state index in [1.165, 1.54) is 12.1 Å². The zero-order chi connectivity index (χ0) is 14.5.